The Morgan fingerprint density at radius 1 is 1.41 bits per heavy atom. The first-order chi connectivity index (χ1) is 10.4. The zero-order valence-corrected chi connectivity index (χ0v) is 12.1. The minimum atomic E-state index is -1.02. The normalized spacial score (nSPS) is 19.1. The summed E-state index contributed by atoms with van der Waals surface area (Å²) in [5.74, 6) is -3.07. The molecule has 0 aromatic heterocycles. The molecule has 0 saturated carbocycles. The van der Waals surface area contributed by atoms with Gasteiger partial charge in [-0.1, -0.05) is 0 Å². The van der Waals surface area contributed by atoms with E-state index in [-0.39, 0.29) is 12.3 Å². The Morgan fingerprint density at radius 3 is 2.64 bits per heavy atom. The highest BCUT2D eigenvalue weighted by molar-refractivity contribution is 6.09. The highest BCUT2D eigenvalue weighted by Gasteiger charge is 2.38. The summed E-state index contributed by atoms with van der Waals surface area (Å²) in [6.45, 7) is 1.94. The van der Waals surface area contributed by atoms with Crippen LogP contribution in [0.2, 0.25) is 0 Å². The van der Waals surface area contributed by atoms with Crippen LogP contribution in [0.5, 0.6) is 0 Å². The van der Waals surface area contributed by atoms with Gasteiger partial charge in [0.1, 0.15) is 11.7 Å². The zero-order valence-electron chi connectivity index (χ0n) is 12.1. The molecule has 118 valence electrons. The number of aliphatic carboxylic acids is 1. The summed E-state index contributed by atoms with van der Waals surface area (Å²) >= 11 is 0. The minimum Gasteiger partial charge on any atom is -0.481 e. The number of hydrogen-bond donors (Lipinski definition) is 2. The van der Waals surface area contributed by atoms with Gasteiger partial charge in [0.2, 0.25) is 11.8 Å². The van der Waals surface area contributed by atoms with Crippen molar-refractivity contribution in [2.24, 2.45) is 5.92 Å². The maximum atomic E-state index is 12.9. The van der Waals surface area contributed by atoms with Crippen LogP contribution in [0.4, 0.5) is 10.1 Å². The van der Waals surface area contributed by atoms with Crippen LogP contribution in [-0.4, -0.2) is 35.5 Å². The van der Waals surface area contributed by atoms with E-state index in [2.05, 4.69) is 5.32 Å². The molecule has 7 heteroatoms. The summed E-state index contributed by atoms with van der Waals surface area (Å²) in [5, 5.41) is 11.2. The maximum Gasteiger partial charge on any atom is 0.305 e. The van der Waals surface area contributed by atoms with E-state index < -0.39 is 29.7 Å². The third kappa shape index (κ3) is 3.60. The van der Waals surface area contributed by atoms with Crippen LogP contribution in [-0.2, 0) is 14.4 Å². The number of hydrogen-bond acceptors (Lipinski definition) is 3. The van der Waals surface area contributed by atoms with Gasteiger partial charge in [0.05, 0.1) is 6.42 Å². The number of carbonyl (C=O) groups excluding carboxylic acids is 2. The Kier molecular flexibility index (Phi) is 4.75. The van der Waals surface area contributed by atoms with Crippen molar-refractivity contribution in [1.29, 1.82) is 0 Å². The molecular weight excluding hydrogens is 291 g/mol. The quantitative estimate of drug-likeness (QED) is 0.799. The lowest BCUT2D eigenvalue weighted by molar-refractivity contribution is -0.137. The largest absolute Gasteiger partial charge is 0.481 e. The van der Waals surface area contributed by atoms with Crippen LogP contribution >= 0.6 is 0 Å². The van der Waals surface area contributed by atoms with Gasteiger partial charge >= 0.3 is 5.97 Å². The standard InChI is InChI=1S/C15H17FN2O4/c1-9(8-13(19)20)17-14(21)12-6-7-18(15(12)22)11-4-2-10(16)3-5-11/h2-5,9,12H,6-8H2,1H3,(H,17,21)(H,19,20). The second-order valence-corrected chi connectivity index (χ2v) is 5.32. The maximum absolute atomic E-state index is 12.9. The third-order valence-corrected chi connectivity index (χ3v) is 3.53. The van der Waals surface area contributed by atoms with Gasteiger partial charge in [0.25, 0.3) is 0 Å². The summed E-state index contributed by atoms with van der Waals surface area (Å²) in [6, 6.07) is 4.94. The Bertz CT molecular complexity index is 588. The van der Waals surface area contributed by atoms with Crippen LogP contribution in [0.25, 0.3) is 0 Å². The van der Waals surface area contributed by atoms with Crippen molar-refractivity contribution in [2.45, 2.75) is 25.8 Å². The highest BCUT2D eigenvalue weighted by atomic mass is 19.1. The van der Waals surface area contributed by atoms with Crippen molar-refractivity contribution in [2.75, 3.05) is 11.4 Å². The Morgan fingerprint density at radius 2 is 2.05 bits per heavy atom. The molecule has 6 nitrogen and oxygen atoms in total. The number of rotatable bonds is 5. The monoisotopic (exact) mass is 308 g/mol. The smallest absolute Gasteiger partial charge is 0.305 e. The van der Waals surface area contributed by atoms with Crippen LogP contribution < -0.4 is 10.2 Å². The van der Waals surface area contributed by atoms with Crippen molar-refractivity contribution in [1.82, 2.24) is 5.32 Å². The summed E-state index contributed by atoms with van der Waals surface area (Å²) in [6.07, 6.45) is 0.149. The molecule has 0 radical (unpaired) electrons. The van der Waals surface area contributed by atoms with Crippen molar-refractivity contribution in [3.63, 3.8) is 0 Å². The van der Waals surface area contributed by atoms with Gasteiger partial charge in [-0.05, 0) is 37.6 Å². The number of carboxylic acids is 1. The molecule has 22 heavy (non-hydrogen) atoms. The van der Waals surface area contributed by atoms with E-state index in [0.29, 0.717) is 18.7 Å². The molecule has 0 spiro atoms. The molecule has 0 aliphatic carbocycles. The molecule has 1 fully saturated rings. The molecule has 2 N–H and O–H groups in total. The van der Waals surface area contributed by atoms with E-state index in [1.807, 2.05) is 0 Å². The summed E-state index contributed by atoms with van der Waals surface area (Å²) in [7, 11) is 0. The first kappa shape index (κ1) is 15.9. The lowest BCUT2D eigenvalue weighted by Gasteiger charge is -2.18. The molecule has 1 saturated heterocycles. The number of carboxylic acid groups (broad SMARTS) is 1. The van der Waals surface area contributed by atoms with Crippen molar-refractivity contribution in [3.8, 4) is 0 Å². The number of nitrogens with one attached hydrogen (secondary N) is 1. The second kappa shape index (κ2) is 6.55. The summed E-state index contributed by atoms with van der Waals surface area (Å²) < 4.78 is 12.9. The van der Waals surface area contributed by atoms with Gasteiger partial charge in [-0.3, -0.25) is 14.4 Å². The van der Waals surface area contributed by atoms with Crippen LogP contribution in [0.3, 0.4) is 0 Å². The molecule has 2 unspecified atom stereocenters. The number of halogens is 1. The van der Waals surface area contributed by atoms with Crippen LogP contribution in [0, 0.1) is 11.7 Å². The Labute approximate surface area is 126 Å². The molecule has 1 aromatic rings. The second-order valence-electron chi connectivity index (χ2n) is 5.32. The topological polar surface area (TPSA) is 86.7 Å². The molecule has 2 amide bonds. The molecule has 1 aliphatic heterocycles. The number of anilines is 1. The van der Waals surface area contributed by atoms with Crippen LogP contribution in [0.1, 0.15) is 19.8 Å². The highest BCUT2D eigenvalue weighted by Crippen LogP contribution is 2.25. The van der Waals surface area contributed by atoms with Gasteiger partial charge in [-0.25, -0.2) is 4.39 Å². The van der Waals surface area contributed by atoms with Gasteiger partial charge in [0, 0.05) is 18.3 Å². The molecule has 0 bridgehead atoms. The van der Waals surface area contributed by atoms with E-state index in [9.17, 15) is 18.8 Å². The fraction of sp³-hybridized carbons (Fsp3) is 0.400. The Balaban J connectivity index is 2.00. The Hall–Kier alpha value is -2.44. The van der Waals surface area contributed by atoms with Gasteiger partial charge in [-0.15, -0.1) is 0 Å². The fourth-order valence-corrected chi connectivity index (χ4v) is 2.46. The first-order valence-corrected chi connectivity index (χ1v) is 6.97. The summed E-state index contributed by atoms with van der Waals surface area (Å²) in [4.78, 5) is 36.4. The lowest BCUT2D eigenvalue weighted by atomic mass is 10.1. The lowest BCUT2D eigenvalue weighted by Crippen LogP contribution is -2.41. The van der Waals surface area contributed by atoms with E-state index in [1.165, 1.54) is 29.2 Å². The first-order valence-electron chi connectivity index (χ1n) is 6.97. The third-order valence-electron chi connectivity index (χ3n) is 3.53. The number of benzene rings is 1. The summed E-state index contributed by atoms with van der Waals surface area (Å²) in [5.41, 5.74) is 0.542. The molecule has 1 heterocycles. The fourth-order valence-electron chi connectivity index (χ4n) is 2.46. The SMILES string of the molecule is CC(CC(=O)O)NC(=O)C1CCN(c2ccc(F)cc2)C1=O. The molecule has 1 aromatic carbocycles. The number of amides is 2. The predicted molar refractivity (Wildman–Crippen MR) is 76.7 cm³/mol. The van der Waals surface area contributed by atoms with E-state index in [1.54, 1.807) is 6.92 Å². The van der Waals surface area contributed by atoms with Gasteiger partial charge < -0.3 is 15.3 Å². The molecule has 2 rings (SSSR count). The van der Waals surface area contributed by atoms with Crippen LogP contribution in [0.15, 0.2) is 24.3 Å². The van der Waals surface area contributed by atoms with Crippen molar-refractivity contribution >= 4 is 23.5 Å². The van der Waals surface area contributed by atoms with E-state index >= 15 is 0 Å². The van der Waals surface area contributed by atoms with Crippen molar-refractivity contribution in [3.05, 3.63) is 30.1 Å². The van der Waals surface area contributed by atoms with Gasteiger partial charge in [0.15, 0.2) is 0 Å². The average molecular weight is 308 g/mol. The molecular formula is C15H17FN2O4. The molecule has 1 aliphatic rings. The van der Waals surface area contributed by atoms with Gasteiger partial charge in [-0.2, -0.15) is 0 Å². The average Bonchev–Trinajstić information content (AvgIpc) is 2.80. The minimum absolute atomic E-state index is 0.200. The number of nitrogens with zero attached hydrogens (tertiary/aromatic N) is 1. The molecule has 2 atom stereocenters. The van der Waals surface area contributed by atoms with E-state index in [0.717, 1.165) is 0 Å². The number of carbonyl (C=O) groups is 3. The van der Waals surface area contributed by atoms with Crippen molar-refractivity contribution < 1.29 is 23.9 Å². The zero-order chi connectivity index (χ0) is 16.3. The predicted octanol–water partition coefficient (Wildman–Crippen LogP) is 1.16. The van der Waals surface area contributed by atoms with E-state index in [4.69, 9.17) is 5.11 Å².